The van der Waals surface area contributed by atoms with Gasteiger partial charge < -0.3 is 10.1 Å². The second-order valence-electron chi connectivity index (χ2n) is 4.76. The maximum absolute atomic E-state index is 12.4. The predicted octanol–water partition coefficient (Wildman–Crippen LogP) is 1.70. The maximum Gasteiger partial charge on any atom is 0.180 e. The minimum absolute atomic E-state index is 0.0541. The van der Waals surface area contributed by atoms with E-state index in [2.05, 4.69) is 5.32 Å². The van der Waals surface area contributed by atoms with Gasteiger partial charge in [-0.15, -0.1) is 0 Å². The molecule has 0 heterocycles. The number of rotatable bonds is 7. The molecule has 5 heteroatoms. The lowest BCUT2D eigenvalue weighted by Crippen LogP contribution is -2.39. The minimum atomic E-state index is -3.29. The Morgan fingerprint density at radius 2 is 2.00 bits per heavy atom. The number of hydrogen-bond acceptors (Lipinski definition) is 4. The summed E-state index contributed by atoms with van der Waals surface area (Å²) in [4.78, 5) is 0.414. The van der Waals surface area contributed by atoms with Crippen molar-refractivity contribution in [2.24, 2.45) is 0 Å². The van der Waals surface area contributed by atoms with Crippen LogP contribution in [0.15, 0.2) is 23.1 Å². The monoisotopic (exact) mass is 285 g/mol. The van der Waals surface area contributed by atoms with Gasteiger partial charge >= 0.3 is 0 Å². The van der Waals surface area contributed by atoms with Crippen LogP contribution in [0.25, 0.3) is 0 Å². The summed E-state index contributed by atoms with van der Waals surface area (Å²) in [5.74, 6) is 0.0541. The standard InChI is InChI=1S/C14H23NO3S/c1-5-15-13(9-18-4)10-19(16,17)14-7-6-11(2)8-12(14)3/h6-8,13,15H,5,9-10H2,1-4H3. The second-order valence-corrected chi connectivity index (χ2v) is 6.76. The van der Waals surface area contributed by atoms with Crippen molar-refractivity contribution in [1.82, 2.24) is 5.32 Å². The molecule has 0 fully saturated rings. The fourth-order valence-corrected chi connectivity index (χ4v) is 3.91. The van der Waals surface area contributed by atoms with Gasteiger partial charge in [-0.3, -0.25) is 0 Å². The highest BCUT2D eigenvalue weighted by Crippen LogP contribution is 2.18. The molecule has 1 N–H and O–H groups in total. The zero-order valence-electron chi connectivity index (χ0n) is 12.1. The Morgan fingerprint density at radius 3 is 2.53 bits per heavy atom. The van der Waals surface area contributed by atoms with Crippen LogP contribution in [0.3, 0.4) is 0 Å². The number of nitrogens with one attached hydrogen (secondary N) is 1. The topological polar surface area (TPSA) is 55.4 Å². The zero-order valence-corrected chi connectivity index (χ0v) is 12.9. The number of ether oxygens (including phenoxy) is 1. The van der Waals surface area contributed by atoms with Crippen LogP contribution in [0, 0.1) is 13.8 Å². The van der Waals surface area contributed by atoms with E-state index in [1.54, 1.807) is 13.2 Å². The Hall–Kier alpha value is -0.910. The third-order valence-electron chi connectivity index (χ3n) is 2.95. The van der Waals surface area contributed by atoms with Gasteiger partial charge in [-0.1, -0.05) is 24.6 Å². The summed E-state index contributed by atoms with van der Waals surface area (Å²) in [6.07, 6.45) is 0. The first-order chi connectivity index (χ1) is 8.90. The molecule has 19 heavy (non-hydrogen) atoms. The van der Waals surface area contributed by atoms with Crippen LogP contribution < -0.4 is 5.32 Å². The molecule has 1 aromatic rings. The van der Waals surface area contributed by atoms with Gasteiger partial charge in [0, 0.05) is 13.2 Å². The van der Waals surface area contributed by atoms with Gasteiger partial charge in [-0.25, -0.2) is 8.42 Å². The highest BCUT2D eigenvalue weighted by Gasteiger charge is 2.22. The normalized spacial score (nSPS) is 13.5. The summed E-state index contributed by atoms with van der Waals surface area (Å²) in [5.41, 5.74) is 1.87. The molecule has 0 spiro atoms. The maximum atomic E-state index is 12.4. The predicted molar refractivity (Wildman–Crippen MR) is 77.3 cm³/mol. The number of methoxy groups -OCH3 is 1. The van der Waals surface area contributed by atoms with Gasteiger partial charge in [0.05, 0.1) is 17.3 Å². The molecule has 108 valence electrons. The van der Waals surface area contributed by atoms with Gasteiger partial charge in [0.1, 0.15) is 0 Å². The summed E-state index contributed by atoms with van der Waals surface area (Å²) in [7, 11) is -1.72. The van der Waals surface area contributed by atoms with E-state index in [0.717, 1.165) is 17.7 Å². The third-order valence-corrected chi connectivity index (χ3v) is 4.92. The van der Waals surface area contributed by atoms with E-state index in [-0.39, 0.29) is 11.8 Å². The van der Waals surface area contributed by atoms with E-state index >= 15 is 0 Å². The molecule has 0 aromatic heterocycles. The molecule has 0 aliphatic carbocycles. The molecule has 1 atom stereocenters. The number of sulfone groups is 1. The molecular formula is C14H23NO3S. The summed E-state index contributed by atoms with van der Waals surface area (Å²) in [5, 5.41) is 3.14. The van der Waals surface area contributed by atoms with Crippen molar-refractivity contribution < 1.29 is 13.2 Å². The van der Waals surface area contributed by atoms with Crippen LogP contribution in [-0.4, -0.2) is 40.5 Å². The lowest BCUT2D eigenvalue weighted by Gasteiger charge is -2.17. The fraction of sp³-hybridized carbons (Fsp3) is 0.571. The van der Waals surface area contributed by atoms with Crippen molar-refractivity contribution in [2.75, 3.05) is 26.0 Å². The number of hydrogen-bond donors (Lipinski definition) is 1. The van der Waals surface area contributed by atoms with E-state index in [1.807, 2.05) is 32.9 Å². The van der Waals surface area contributed by atoms with Crippen LogP contribution in [0.2, 0.25) is 0 Å². The Morgan fingerprint density at radius 1 is 1.32 bits per heavy atom. The first-order valence-electron chi connectivity index (χ1n) is 6.43. The molecule has 0 bridgehead atoms. The van der Waals surface area contributed by atoms with Crippen LogP contribution in [-0.2, 0) is 14.6 Å². The molecular weight excluding hydrogens is 262 g/mol. The van der Waals surface area contributed by atoms with Crippen LogP contribution in [0.5, 0.6) is 0 Å². The van der Waals surface area contributed by atoms with E-state index in [1.165, 1.54) is 0 Å². The number of aryl methyl sites for hydroxylation is 2. The van der Waals surface area contributed by atoms with Crippen molar-refractivity contribution >= 4 is 9.84 Å². The third kappa shape index (κ3) is 4.60. The van der Waals surface area contributed by atoms with E-state index in [0.29, 0.717) is 11.5 Å². The molecule has 4 nitrogen and oxygen atoms in total. The zero-order chi connectivity index (χ0) is 14.5. The summed E-state index contributed by atoms with van der Waals surface area (Å²) in [6.45, 7) is 6.84. The van der Waals surface area contributed by atoms with Crippen molar-refractivity contribution in [3.8, 4) is 0 Å². The van der Waals surface area contributed by atoms with Gasteiger partial charge in [-0.05, 0) is 32.0 Å². The molecule has 0 amide bonds. The van der Waals surface area contributed by atoms with Crippen molar-refractivity contribution in [3.63, 3.8) is 0 Å². The minimum Gasteiger partial charge on any atom is -0.383 e. The van der Waals surface area contributed by atoms with Crippen LogP contribution >= 0.6 is 0 Å². The van der Waals surface area contributed by atoms with Gasteiger partial charge in [0.25, 0.3) is 0 Å². The number of benzene rings is 1. The van der Waals surface area contributed by atoms with Crippen molar-refractivity contribution in [1.29, 1.82) is 0 Å². The van der Waals surface area contributed by atoms with Crippen molar-refractivity contribution in [3.05, 3.63) is 29.3 Å². The Labute approximate surface area is 116 Å². The fourth-order valence-electron chi connectivity index (χ4n) is 2.16. The van der Waals surface area contributed by atoms with E-state index in [4.69, 9.17) is 4.74 Å². The van der Waals surface area contributed by atoms with E-state index < -0.39 is 9.84 Å². The van der Waals surface area contributed by atoms with Gasteiger partial charge in [0.2, 0.25) is 0 Å². The second kappa shape index (κ2) is 7.03. The average Bonchev–Trinajstić information content (AvgIpc) is 2.28. The highest BCUT2D eigenvalue weighted by atomic mass is 32.2. The van der Waals surface area contributed by atoms with Crippen molar-refractivity contribution in [2.45, 2.75) is 31.7 Å². The largest absolute Gasteiger partial charge is 0.383 e. The van der Waals surface area contributed by atoms with Gasteiger partial charge in [-0.2, -0.15) is 0 Å². The molecule has 1 rings (SSSR count). The molecule has 0 radical (unpaired) electrons. The summed E-state index contributed by atoms with van der Waals surface area (Å²) in [6, 6.07) is 5.24. The Bertz CT molecular complexity index is 505. The summed E-state index contributed by atoms with van der Waals surface area (Å²) >= 11 is 0. The molecule has 0 aliphatic heterocycles. The molecule has 0 aliphatic rings. The molecule has 1 unspecified atom stereocenters. The average molecular weight is 285 g/mol. The molecule has 0 saturated heterocycles. The first kappa shape index (κ1) is 16.1. The Kier molecular flexibility index (Phi) is 5.97. The molecule has 1 aromatic carbocycles. The quantitative estimate of drug-likeness (QED) is 0.828. The SMILES string of the molecule is CCNC(COC)CS(=O)(=O)c1ccc(C)cc1C. The highest BCUT2D eigenvalue weighted by molar-refractivity contribution is 7.91. The number of likely N-dealkylation sites (N-methyl/N-ethyl adjacent to an activating group) is 1. The smallest absolute Gasteiger partial charge is 0.180 e. The first-order valence-corrected chi connectivity index (χ1v) is 8.08. The summed E-state index contributed by atoms with van der Waals surface area (Å²) < 4.78 is 29.9. The lowest BCUT2D eigenvalue weighted by atomic mass is 10.2. The lowest BCUT2D eigenvalue weighted by molar-refractivity contribution is 0.174. The van der Waals surface area contributed by atoms with E-state index in [9.17, 15) is 8.42 Å². The van der Waals surface area contributed by atoms with Crippen LogP contribution in [0.4, 0.5) is 0 Å². The Balaban J connectivity index is 2.96. The molecule has 0 saturated carbocycles. The van der Waals surface area contributed by atoms with Crippen LogP contribution in [0.1, 0.15) is 18.1 Å². The van der Waals surface area contributed by atoms with Gasteiger partial charge in [0.15, 0.2) is 9.84 Å².